The van der Waals surface area contributed by atoms with Crippen LogP contribution in [0.1, 0.15) is 13.8 Å². The summed E-state index contributed by atoms with van der Waals surface area (Å²) in [4.78, 5) is 25.0. The lowest BCUT2D eigenvalue weighted by Gasteiger charge is -2.51. The zero-order valence-electron chi connectivity index (χ0n) is 56.2. The van der Waals surface area contributed by atoms with Gasteiger partial charge in [-0.05, 0) is 0 Å². The summed E-state index contributed by atoms with van der Waals surface area (Å²) in [6.07, 6.45) is -90.3. The molecule has 0 aromatic carbocycles. The van der Waals surface area contributed by atoms with Crippen LogP contribution < -0.4 is 10.6 Å². The molecule has 0 bridgehead atoms. The highest BCUT2D eigenvalue weighted by atomic mass is 16.8. The second-order valence-corrected chi connectivity index (χ2v) is 26.7. The Morgan fingerprint density at radius 1 is 0.245 bits per heavy atom. The van der Waals surface area contributed by atoms with Crippen LogP contribution in [0.4, 0.5) is 0 Å². The third-order valence-corrected chi connectivity index (χ3v) is 19.5. The maximum absolute atomic E-state index is 12.9. The van der Waals surface area contributed by atoms with E-state index in [1.54, 1.807) is 0 Å². The molecule has 2 amide bonds. The summed E-state index contributed by atoms with van der Waals surface area (Å²) in [6, 6.07) is -3.55. The Morgan fingerprint density at radius 2 is 0.509 bits per heavy atom. The van der Waals surface area contributed by atoms with Crippen LogP contribution in [0.25, 0.3) is 0 Å². The zero-order valence-corrected chi connectivity index (χ0v) is 56.2. The van der Waals surface area contributed by atoms with Crippen molar-refractivity contribution < 1.29 is 228 Å². The van der Waals surface area contributed by atoms with Crippen molar-refractivity contribution in [3.63, 3.8) is 0 Å². The number of nitrogens with one attached hydrogen (secondary N) is 2. The first-order chi connectivity index (χ1) is 50.2. The minimum absolute atomic E-state index is 0.783. The molecular weight excluding hydrogens is 1460 g/mol. The number of amides is 2. The highest BCUT2D eigenvalue weighted by molar-refractivity contribution is 5.73. The smallest absolute Gasteiger partial charge is 0.217 e. The lowest BCUT2D eigenvalue weighted by molar-refractivity contribution is -0.400. The van der Waals surface area contributed by atoms with Gasteiger partial charge in [0.25, 0.3) is 0 Å². The van der Waals surface area contributed by atoms with Crippen molar-refractivity contribution in [1.82, 2.24) is 10.6 Å². The van der Waals surface area contributed by atoms with E-state index in [0.717, 1.165) is 13.8 Å². The molecule has 0 spiro atoms. The minimum atomic E-state index is -2.54. The molecule has 0 unspecified atom stereocenters. The molecule has 48 heteroatoms. The second kappa shape index (κ2) is 37.9. The van der Waals surface area contributed by atoms with E-state index in [1.807, 2.05) is 0 Å². The number of aliphatic hydroxyl groups excluding tert-OH is 27. The van der Waals surface area contributed by atoms with Gasteiger partial charge in [-0.15, -0.1) is 0 Å². The van der Waals surface area contributed by atoms with Crippen LogP contribution in [0.5, 0.6) is 0 Å². The SMILES string of the molecule is CC(=O)N[C@@H]1[C@@H](O)[C@H](O[C@@H]2O[C@H](CO)[C@@H](O[C@@H]3O[C@H](CO[C@H]4O[C@H](CO[C@H]5O[C@H](CO)[C@@H](O)[C@H](O)[C@@H]5O)[C@@H](O)[C@H](O[C@H]5O[C@H](CO)[C@@H](O)[C@H](O[C@H]6O[C@H](CO)[C@@H](O)[C@H](O)[C@@H]6O)[C@@H]5O)[C@@H]4O)[C@@H](O)[C@H](O[C@H]4O[C@H](CO)[C@@H](O)[C@H](O)[C@@H]4O[C@H]4O[C@H](CO)[C@@H](O)[C@H](O)[C@@H]4O)[C@@H]3O)[C@H](O)[C@H]2NC(C)=O)[C@@H](CO)O[C@H]1O. The highest BCUT2D eigenvalue weighted by Crippen LogP contribution is 2.39. The van der Waals surface area contributed by atoms with Gasteiger partial charge in [-0.3, -0.25) is 9.59 Å². The molecule has 9 fully saturated rings. The van der Waals surface area contributed by atoms with Gasteiger partial charge in [0.15, 0.2) is 56.6 Å². The maximum atomic E-state index is 12.9. The lowest BCUT2D eigenvalue weighted by atomic mass is 9.94. The van der Waals surface area contributed by atoms with Crippen molar-refractivity contribution >= 4 is 11.8 Å². The van der Waals surface area contributed by atoms with E-state index >= 15 is 0 Å². The molecule has 29 N–H and O–H groups in total. The monoisotopic (exact) mass is 1560 g/mol. The Kier molecular flexibility index (Phi) is 31.1. The van der Waals surface area contributed by atoms with E-state index < -0.39 is 348 Å². The third-order valence-electron chi connectivity index (χ3n) is 19.5. The summed E-state index contributed by atoms with van der Waals surface area (Å²) in [7, 11) is 0. The fraction of sp³-hybridized carbons (Fsp3) is 0.966. The summed E-state index contributed by atoms with van der Waals surface area (Å²) in [5, 5.41) is 301. The molecule has 0 radical (unpaired) electrons. The molecule has 0 aromatic heterocycles. The number of rotatable bonds is 27. The average Bonchev–Trinajstić information content (AvgIpc) is 0.773. The number of hydrogen-bond acceptors (Lipinski definition) is 46. The normalized spacial score (nSPS) is 51.2. The highest BCUT2D eigenvalue weighted by Gasteiger charge is 2.60. The topological polar surface area (TPSA) is 761 Å². The number of hydrogen-bond donors (Lipinski definition) is 29. The van der Waals surface area contributed by atoms with Gasteiger partial charge in [-0.1, -0.05) is 0 Å². The van der Waals surface area contributed by atoms with Crippen molar-refractivity contribution in [2.24, 2.45) is 0 Å². The van der Waals surface area contributed by atoms with Gasteiger partial charge in [0.05, 0.1) is 59.5 Å². The van der Waals surface area contributed by atoms with Crippen LogP contribution in [0.15, 0.2) is 0 Å². The van der Waals surface area contributed by atoms with Crippen LogP contribution in [-0.2, 0) is 90.1 Å². The van der Waals surface area contributed by atoms with Crippen LogP contribution in [-0.4, -0.2) is 485 Å². The summed E-state index contributed by atoms with van der Waals surface area (Å²) in [5.41, 5.74) is 0. The summed E-state index contributed by atoms with van der Waals surface area (Å²) in [5.74, 6) is -1.72. The predicted molar refractivity (Wildman–Crippen MR) is 320 cm³/mol. The summed E-state index contributed by atoms with van der Waals surface area (Å²) < 4.78 is 98.5. The molecule has 0 aliphatic carbocycles. The molecule has 616 valence electrons. The van der Waals surface area contributed by atoms with Crippen LogP contribution >= 0.6 is 0 Å². The largest absolute Gasteiger partial charge is 0.394 e. The van der Waals surface area contributed by atoms with Crippen molar-refractivity contribution in [3.8, 4) is 0 Å². The van der Waals surface area contributed by atoms with E-state index in [1.165, 1.54) is 0 Å². The molecule has 9 rings (SSSR count). The summed E-state index contributed by atoms with van der Waals surface area (Å²) in [6.45, 7) is -7.72. The van der Waals surface area contributed by atoms with Gasteiger partial charge in [-0.2, -0.15) is 0 Å². The van der Waals surface area contributed by atoms with Crippen LogP contribution in [0.3, 0.4) is 0 Å². The Labute approximate surface area is 598 Å². The van der Waals surface area contributed by atoms with Gasteiger partial charge in [0, 0.05) is 13.8 Å². The van der Waals surface area contributed by atoms with E-state index in [4.69, 9.17) is 80.5 Å². The molecule has 0 saturated carbocycles. The van der Waals surface area contributed by atoms with Crippen molar-refractivity contribution in [3.05, 3.63) is 0 Å². The van der Waals surface area contributed by atoms with Crippen molar-refractivity contribution in [2.75, 3.05) is 59.5 Å². The Balaban J connectivity index is 1.05. The van der Waals surface area contributed by atoms with E-state index in [9.17, 15) is 147 Å². The standard InChI is InChI=1S/C58H98N2O46/c1-12(68)59-23-32(77)44(19(8-66)92-50(23)89)101-51-24(60-13(2)69)33(78)45(20(9-67)98-51)102-57-43(88)48(105-58-49(37(82)28(73)17(6-64)97-58)106-55-40(85)36(81)27(72)16(5-63)95-55)31(76)22(100-57)11-91-53-41(86)47(30(75)21(99-53)10-90-52-38(83)34(79)25(70)14(3-61)93-52)104-56-42(87)46(29(74)18(7-65)96-56)103-54-39(84)35(80)26(71)15(4-62)94-54/h14-58,61-67,70-89H,3-11H2,1-2H3,(H,59,68)(H,60,69)/t14-,15-,16-,17-,18-,19-,20-,21-,22-,23-,24-,25-,26-,27-,28-,29-,30-,31-,32-,33-,34+,35+,36+,37+,38+,39+,40+,41+,42+,43+,44-,45-,46+,47+,48+,49+,50-,51+,52+,53+,54-,55-,56-,57+,58-/m1/s1. The fourth-order valence-electron chi connectivity index (χ4n) is 13.5. The van der Waals surface area contributed by atoms with E-state index in [0.29, 0.717) is 0 Å². The first-order valence-corrected chi connectivity index (χ1v) is 33.7. The minimum Gasteiger partial charge on any atom is -0.394 e. The maximum Gasteiger partial charge on any atom is 0.217 e. The molecule has 9 aliphatic heterocycles. The molecule has 9 aliphatic rings. The molecule has 9 heterocycles. The number of carbonyl (C=O) groups excluding carboxylic acids is 2. The van der Waals surface area contributed by atoms with E-state index in [-0.39, 0.29) is 0 Å². The molecule has 48 nitrogen and oxygen atoms in total. The lowest BCUT2D eigenvalue weighted by Crippen LogP contribution is -2.70. The van der Waals surface area contributed by atoms with Gasteiger partial charge < -0.3 is 229 Å². The van der Waals surface area contributed by atoms with Gasteiger partial charge in [-0.25, -0.2) is 0 Å². The molecule has 106 heavy (non-hydrogen) atoms. The van der Waals surface area contributed by atoms with Gasteiger partial charge in [0.1, 0.15) is 220 Å². The van der Waals surface area contributed by atoms with Crippen LogP contribution in [0, 0.1) is 0 Å². The molecular formula is C58H98N2O46. The number of carbonyl (C=O) groups is 2. The molecule has 45 atom stereocenters. The quantitative estimate of drug-likeness (QED) is 0.0363. The second-order valence-electron chi connectivity index (χ2n) is 26.7. The predicted octanol–water partition coefficient (Wildman–Crippen LogP) is -20.3. The first kappa shape index (κ1) is 87.2. The average molecular weight is 1560 g/mol. The van der Waals surface area contributed by atoms with Crippen LogP contribution in [0.2, 0.25) is 0 Å². The van der Waals surface area contributed by atoms with Gasteiger partial charge in [0.2, 0.25) is 11.8 Å². The van der Waals surface area contributed by atoms with E-state index in [2.05, 4.69) is 10.6 Å². The fourth-order valence-corrected chi connectivity index (χ4v) is 13.5. The third kappa shape index (κ3) is 18.7. The number of aliphatic hydroxyl groups is 27. The first-order valence-electron chi connectivity index (χ1n) is 33.7. The zero-order chi connectivity index (χ0) is 77.9. The number of ether oxygens (including phenoxy) is 17. The van der Waals surface area contributed by atoms with Crippen molar-refractivity contribution in [2.45, 2.75) is 290 Å². The molecule has 9 saturated heterocycles. The Morgan fingerprint density at radius 3 is 0.934 bits per heavy atom. The van der Waals surface area contributed by atoms with Gasteiger partial charge >= 0.3 is 0 Å². The molecule has 0 aromatic rings. The Bertz CT molecular complexity index is 2710. The summed E-state index contributed by atoms with van der Waals surface area (Å²) >= 11 is 0. The Hall–Kier alpha value is -2.82. The van der Waals surface area contributed by atoms with Crippen molar-refractivity contribution in [1.29, 1.82) is 0 Å².